The lowest BCUT2D eigenvalue weighted by Crippen LogP contribution is -2.41. The highest BCUT2D eigenvalue weighted by Crippen LogP contribution is 2.51. The molecule has 3 heterocycles. The standard InChI is InChI=1S/C37H34BNO2/c1-35(2)30-22-24(38-40-36(3,4)37(5,6)41-38)18-21-32(30)39-31-17-10-9-15-27(31)29-20-19-28(33(35)34(29)39)26-16-11-13-23-12-7-8-14-25(23)26/h7-22H,1-6H3. The molecule has 0 bridgehead atoms. The highest BCUT2D eigenvalue weighted by atomic mass is 16.7. The molecule has 0 saturated carbocycles. The molecule has 1 fully saturated rings. The van der Waals surface area contributed by atoms with Gasteiger partial charge in [-0.25, -0.2) is 0 Å². The molecule has 0 amide bonds. The molecule has 0 radical (unpaired) electrons. The molecule has 202 valence electrons. The Morgan fingerprint density at radius 1 is 0.610 bits per heavy atom. The van der Waals surface area contributed by atoms with Gasteiger partial charge in [-0.05, 0) is 78.3 Å². The van der Waals surface area contributed by atoms with E-state index in [2.05, 4.69) is 143 Å². The number of aromatic nitrogens is 1. The Kier molecular flexibility index (Phi) is 4.93. The molecular weight excluding hydrogens is 501 g/mol. The molecule has 8 rings (SSSR count). The van der Waals surface area contributed by atoms with Gasteiger partial charge in [0.25, 0.3) is 0 Å². The van der Waals surface area contributed by atoms with Gasteiger partial charge in [0.05, 0.1) is 27.9 Å². The number of rotatable bonds is 2. The minimum absolute atomic E-state index is 0.273. The normalized spacial score (nSPS) is 18.3. The fourth-order valence-electron chi connectivity index (χ4n) is 7.13. The van der Waals surface area contributed by atoms with Gasteiger partial charge in [-0.15, -0.1) is 0 Å². The summed E-state index contributed by atoms with van der Waals surface area (Å²) >= 11 is 0. The Morgan fingerprint density at radius 3 is 2.07 bits per heavy atom. The van der Waals surface area contributed by atoms with Gasteiger partial charge < -0.3 is 13.9 Å². The van der Waals surface area contributed by atoms with E-state index in [4.69, 9.17) is 9.31 Å². The molecule has 0 N–H and O–H groups in total. The first-order valence-electron chi connectivity index (χ1n) is 14.6. The van der Waals surface area contributed by atoms with Gasteiger partial charge in [-0.2, -0.15) is 0 Å². The lowest BCUT2D eigenvalue weighted by Gasteiger charge is -2.37. The Balaban J connectivity index is 1.45. The molecule has 41 heavy (non-hydrogen) atoms. The summed E-state index contributed by atoms with van der Waals surface area (Å²) in [4.78, 5) is 0. The first-order valence-corrected chi connectivity index (χ1v) is 14.6. The maximum atomic E-state index is 6.50. The van der Waals surface area contributed by atoms with Gasteiger partial charge >= 0.3 is 7.12 Å². The average molecular weight is 535 g/mol. The maximum absolute atomic E-state index is 6.50. The molecular formula is C37H34BNO2. The van der Waals surface area contributed by atoms with Crippen LogP contribution in [0.4, 0.5) is 0 Å². The van der Waals surface area contributed by atoms with Crippen molar-refractivity contribution in [2.24, 2.45) is 0 Å². The van der Waals surface area contributed by atoms with Crippen LogP contribution in [0.15, 0.2) is 97.1 Å². The molecule has 0 aliphatic carbocycles. The summed E-state index contributed by atoms with van der Waals surface area (Å²) in [6.45, 7) is 13.2. The summed E-state index contributed by atoms with van der Waals surface area (Å²) in [7, 11) is -0.405. The number of hydrogen-bond donors (Lipinski definition) is 0. The topological polar surface area (TPSA) is 23.4 Å². The zero-order chi connectivity index (χ0) is 28.3. The fraction of sp³-hybridized carbons (Fsp3) is 0.243. The van der Waals surface area contributed by atoms with Gasteiger partial charge in [-0.1, -0.05) is 98.8 Å². The molecule has 1 saturated heterocycles. The molecule has 4 heteroatoms. The second kappa shape index (κ2) is 8.12. The minimum Gasteiger partial charge on any atom is -0.399 e. The monoisotopic (exact) mass is 535 g/mol. The summed E-state index contributed by atoms with van der Waals surface area (Å²) in [5.74, 6) is 0. The quantitative estimate of drug-likeness (QED) is 0.208. The SMILES string of the molecule is CC1(C)c2cc(B3OC(C)(C)C(C)(C)O3)ccc2-n2c3ccccc3c3ccc(-c4cccc5ccccc45)c1c32. The summed E-state index contributed by atoms with van der Waals surface area (Å²) < 4.78 is 15.5. The predicted molar refractivity (Wildman–Crippen MR) is 172 cm³/mol. The molecule has 0 atom stereocenters. The molecule has 0 spiro atoms. The van der Waals surface area contributed by atoms with Gasteiger partial charge in [0.2, 0.25) is 0 Å². The van der Waals surface area contributed by atoms with Crippen molar-refractivity contribution in [2.45, 2.75) is 58.2 Å². The first-order chi connectivity index (χ1) is 19.6. The van der Waals surface area contributed by atoms with Gasteiger partial charge in [-0.3, -0.25) is 0 Å². The second-order valence-corrected chi connectivity index (χ2v) is 13.3. The molecule has 5 aromatic carbocycles. The number of fused-ring (bicyclic) bond motifs is 6. The van der Waals surface area contributed by atoms with Crippen LogP contribution in [-0.4, -0.2) is 22.9 Å². The summed E-state index contributed by atoms with van der Waals surface area (Å²) in [5.41, 5.74) is 8.99. The predicted octanol–water partition coefficient (Wildman–Crippen LogP) is 8.54. The largest absolute Gasteiger partial charge is 0.494 e. The second-order valence-electron chi connectivity index (χ2n) is 13.3. The van der Waals surface area contributed by atoms with E-state index in [9.17, 15) is 0 Å². The van der Waals surface area contributed by atoms with E-state index in [0.29, 0.717) is 0 Å². The van der Waals surface area contributed by atoms with Crippen LogP contribution < -0.4 is 5.46 Å². The van der Waals surface area contributed by atoms with Crippen molar-refractivity contribution in [2.75, 3.05) is 0 Å². The molecule has 1 aromatic heterocycles. The summed E-state index contributed by atoms with van der Waals surface area (Å²) in [6.07, 6.45) is 0. The van der Waals surface area contributed by atoms with Crippen LogP contribution in [0.5, 0.6) is 0 Å². The first kappa shape index (κ1) is 24.9. The van der Waals surface area contributed by atoms with Crippen LogP contribution in [0.3, 0.4) is 0 Å². The Morgan fingerprint density at radius 2 is 1.29 bits per heavy atom. The molecule has 2 aliphatic heterocycles. The van der Waals surface area contributed by atoms with Crippen LogP contribution in [0.1, 0.15) is 52.7 Å². The van der Waals surface area contributed by atoms with Crippen molar-refractivity contribution in [3.63, 3.8) is 0 Å². The van der Waals surface area contributed by atoms with Crippen LogP contribution in [0.2, 0.25) is 0 Å². The van der Waals surface area contributed by atoms with Crippen LogP contribution in [0, 0.1) is 0 Å². The summed E-state index contributed by atoms with van der Waals surface area (Å²) in [6, 6.07) is 35.7. The van der Waals surface area contributed by atoms with Crippen LogP contribution in [-0.2, 0) is 14.7 Å². The lowest BCUT2D eigenvalue weighted by molar-refractivity contribution is 0.00578. The zero-order valence-corrected chi connectivity index (χ0v) is 24.6. The van der Waals surface area contributed by atoms with Crippen LogP contribution in [0.25, 0.3) is 49.4 Å². The number of nitrogens with zero attached hydrogens (tertiary/aromatic N) is 1. The van der Waals surface area contributed by atoms with E-state index in [0.717, 1.165) is 5.46 Å². The Bertz CT molecular complexity index is 2030. The average Bonchev–Trinajstić information content (AvgIpc) is 3.40. The highest BCUT2D eigenvalue weighted by Gasteiger charge is 2.52. The van der Waals surface area contributed by atoms with Gasteiger partial charge in [0.15, 0.2) is 0 Å². The van der Waals surface area contributed by atoms with Gasteiger partial charge in [0, 0.05) is 16.2 Å². The van der Waals surface area contributed by atoms with Crippen molar-refractivity contribution in [1.29, 1.82) is 0 Å². The molecule has 2 aliphatic rings. The smallest absolute Gasteiger partial charge is 0.399 e. The minimum atomic E-state index is -0.405. The van der Waals surface area contributed by atoms with Crippen molar-refractivity contribution < 1.29 is 9.31 Å². The lowest BCUT2D eigenvalue weighted by atomic mass is 9.68. The maximum Gasteiger partial charge on any atom is 0.494 e. The summed E-state index contributed by atoms with van der Waals surface area (Å²) in [5, 5.41) is 5.12. The third kappa shape index (κ3) is 3.29. The molecule has 0 unspecified atom stereocenters. The van der Waals surface area contributed by atoms with E-state index in [1.54, 1.807) is 0 Å². The zero-order valence-electron chi connectivity index (χ0n) is 24.6. The van der Waals surface area contributed by atoms with E-state index in [-0.39, 0.29) is 16.6 Å². The van der Waals surface area contributed by atoms with Crippen molar-refractivity contribution in [1.82, 2.24) is 4.57 Å². The van der Waals surface area contributed by atoms with E-state index in [1.807, 2.05) is 0 Å². The highest BCUT2D eigenvalue weighted by molar-refractivity contribution is 6.62. The molecule has 3 nitrogen and oxygen atoms in total. The molecule has 6 aromatic rings. The van der Waals surface area contributed by atoms with Crippen molar-refractivity contribution in [3.05, 3.63) is 108 Å². The van der Waals surface area contributed by atoms with E-state index >= 15 is 0 Å². The third-order valence-electron chi connectivity index (χ3n) is 10.0. The van der Waals surface area contributed by atoms with Crippen molar-refractivity contribution in [3.8, 4) is 16.8 Å². The van der Waals surface area contributed by atoms with E-state index < -0.39 is 7.12 Å². The number of benzene rings is 5. The third-order valence-corrected chi connectivity index (χ3v) is 10.0. The Labute approximate surface area is 241 Å². The van der Waals surface area contributed by atoms with Crippen LogP contribution >= 0.6 is 0 Å². The van der Waals surface area contributed by atoms with E-state index in [1.165, 1.54) is 60.5 Å². The number of para-hydroxylation sites is 1. The number of hydrogen-bond acceptors (Lipinski definition) is 2. The van der Waals surface area contributed by atoms with Gasteiger partial charge in [0.1, 0.15) is 0 Å². The Hall–Kier alpha value is -3.86. The van der Waals surface area contributed by atoms with Crippen molar-refractivity contribution >= 4 is 45.2 Å². The fourth-order valence-corrected chi connectivity index (χ4v) is 7.13.